The zero-order valence-corrected chi connectivity index (χ0v) is 9.53. The summed E-state index contributed by atoms with van der Waals surface area (Å²) in [6.45, 7) is 5.00. The van der Waals surface area contributed by atoms with Crippen LogP contribution in [0.4, 0.5) is 0 Å². The van der Waals surface area contributed by atoms with Gasteiger partial charge in [0.15, 0.2) is 0 Å². The van der Waals surface area contributed by atoms with E-state index in [0.717, 1.165) is 0 Å². The van der Waals surface area contributed by atoms with Crippen LogP contribution in [0.2, 0.25) is 0 Å². The average Bonchev–Trinajstić information content (AvgIpc) is 2.47. The lowest BCUT2D eigenvalue weighted by molar-refractivity contribution is -0.138. The Morgan fingerprint density at radius 3 is 2.56 bits per heavy atom. The molecule has 0 aliphatic heterocycles. The molecule has 16 heavy (non-hydrogen) atoms. The summed E-state index contributed by atoms with van der Waals surface area (Å²) in [4.78, 5) is 22.3. The van der Waals surface area contributed by atoms with Crippen molar-refractivity contribution in [1.29, 1.82) is 0 Å². The maximum atomic E-state index is 11.8. The van der Waals surface area contributed by atoms with Gasteiger partial charge in [-0.2, -0.15) is 0 Å². The van der Waals surface area contributed by atoms with Crippen molar-refractivity contribution in [1.82, 2.24) is 5.32 Å². The zero-order valence-electron chi connectivity index (χ0n) is 9.53. The number of hydrogen-bond donors (Lipinski definition) is 2. The number of furan rings is 1. The van der Waals surface area contributed by atoms with Crippen molar-refractivity contribution < 1.29 is 19.1 Å². The summed E-state index contributed by atoms with van der Waals surface area (Å²) in [5.74, 6) is -0.754. The number of amides is 1. The molecule has 0 aliphatic carbocycles. The van der Waals surface area contributed by atoms with Crippen LogP contribution in [0.5, 0.6) is 0 Å². The average molecular weight is 225 g/mol. The second-order valence-electron chi connectivity index (χ2n) is 4.30. The van der Waals surface area contributed by atoms with Crippen LogP contribution < -0.4 is 5.32 Å². The lowest BCUT2D eigenvalue weighted by Crippen LogP contribution is -2.45. The van der Waals surface area contributed by atoms with Crippen molar-refractivity contribution in [3.8, 4) is 0 Å². The molecule has 0 aromatic carbocycles. The number of hydrogen-bond acceptors (Lipinski definition) is 3. The Hall–Kier alpha value is -1.78. The van der Waals surface area contributed by atoms with Gasteiger partial charge in [0.1, 0.15) is 5.76 Å². The summed E-state index contributed by atoms with van der Waals surface area (Å²) in [5.41, 5.74) is -0.356. The van der Waals surface area contributed by atoms with Gasteiger partial charge < -0.3 is 14.8 Å². The fourth-order valence-corrected chi connectivity index (χ4v) is 1.42. The van der Waals surface area contributed by atoms with E-state index in [1.165, 1.54) is 6.26 Å². The van der Waals surface area contributed by atoms with Gasteiger partial charge in [0, 0.05) is 5.54 Å². The van der Waals surface area contributed by atoms with E-state index in [2.05, 4.69) is 5.32 Å². The Morgan fingerprint density at radius 2 is 2.12 bits per heavy atom. The third kappa shape index (κ3) is 3.12. The molecule has 0 atom stereocenters. The van der Waals surface area contributed by atoms with Crippen LogP contribution in [-0.4, -0.2) is 22.5 Å². The molecular weight excluding hydrogens is 210 g/mol. The topological polar surface area (TPSA) is 79.5 Å². The van der Waals surface area contributed by atoms with E-state index in [9.17, 15) is 9.59 Å². The highest BCUT2D eigenvalue weighted by molar-refractivity contribution is 5.95. The molecule has 88 valence electrons. The van der Waals surface area contributed by atoms with Crippen LogP contribution in [-0.2, 0) is 4.79 Å². The highest BCUT2D eigenvalue weighted by atomic mass is 16.4. The lowest BCUT2D eigenvalue weighted by atomic mass is 10.0. The summed E-state index contributed by atoms with van der Waals surface area (Å²) in [6, 6.07) is 1.56. The molecule has 0 aliphatic rings. The predicted octanol–water partition coefficient (Wildman–Crippen LogP) is 1.57. The fraction of sp³-hybridized carbons (Fsp3) is 0.455. The van der Waals surface area contributed by atoms with Crippen LogP contribution in [0.25, 0.3) is 0 Å². The molecular formula is C11H15NO4. The quantitative estimate of drug-likeness (QED) is 0.815. The molecule has 5 heteroatoms. The van der Waals surface area contributed by atoms with E-state index in [1.807, 2.05) is 0 Å². The smallest absolute Gasteiger partial charge is 0.305 e. The zero-order chi connectivity index (χ0) is 12.3. The minimum atomic E-state index is -0.950. The summed E-state index contributed by atoms with van der Waals surface area (Å²) in [5, 5.41) is 11.3. The second-order valence-corrected chi connectivity index (χ2v) is 4.30. The van der Waals surface area contributed by atoms with Crippen molar-refractivity contribution in [2.45, 2.75) is 32.7 Å². The van der Waals surface area contributed by atoms with Crippen LogP contribution >= 0.6 is 0 Å². The van der Waals surface area contributed by atoms with E-state index >= 15 is 0 Å². The maximum absolute atomic E-state index is 11.8. The molecule has 1 aromatic rings. The SMILES string of the molecule is Cc1occc1C(=O)NC(C)(C)CC(=O)O. The number of carboxylic acids is 1. The van der Waals surface area contributed by atoms with Gasteiger partial charge in [0.25, 0.3) is 5.91 Å². The third-order valence-corrected chi connectivity index (χ3v) is 2.15. The molecule has 1 heterocycles. The minimum Gasteiger partial charge on any atom is -0.481 e. The highest BCUT2D eigenvalue weighted by Crippen LogP contribution is 2.13. The Morgan fingerprint density at radius 1 is 1.50 bits per heavy atom. The van der Waals surface area contributed by atoms with E-state index in [4.69, 9.17) is 9.52 Å². The number of aliphatic carboxylic acids is 1. The van der Waals surface area contributed by atoms with Crippen LogP contribution in [0, 0.1) is 6.92 Å². The largest absolute Gasteiger partial charge is 0.481 e. The second kappa shape index (κ2) is 4.38. The molecule has 1 amide bonds. The normalized spacial score (nSPS) is 11.2. The van der Waals surface area contributed by atoms with Gasteiger partial charge in [0.2, 0.25) is 0 Å². The third-order valence-electron chi connectivity index (χ3n) is 2.15. The molecule has 5 nitrogen and oxygen atoms in total. The number of rotatable bonds is 4. The number of carbonyl (C=O) groups excluding carboxylic acids is 1. The van der Waals surface area contributed by atoms with Gasteiger partial charge in [-0.05, 0) is 26.8 Å². The lowest BCUT2D eigenvalue weighted by Gasteiger charge is -2.23. The molecule has 1 rings (SSSR count). The van der Waals surface area contributed by atoms with E-state index in [1.54, 1.807) is 26.8 Å². The van der Waals surface area contributed by atoms with E-state index < -0.39 is 11.5 Å². The Balaban J connectivity index is 2.71. The first-order chi connectivity index (χ1) is 7.32. The first-order valence-electron chi connectivity index (χ1n) is 4.90. The van der Waals surface area contributed by atoms with Crippen molar-refractivity contribution in [2.24, 2.45) is 0 Å². The summed E-state index contributed by atoms with van der Waals surface area (Å²) in [7, 11) is 0. The maximum Gasteiger partial charge on any atom is 0.305 e. The van der Waals surface area contributed by atoms with Gasteiger partial charge in [-0.3, -0.25) is 9.59 Å². The Bertz CT molecular complexity index is 406. The summed E-state index contributed by atoms with van der Waals surface area (Å²) >= 11 is 0. The molecule has 0 spiro atoms. The van der Waals surface area contributed by atoms with Crippen molar-refractivity contribution in [2.75, 3.05) is 0 Å². The molecule has 2 N–H and O–H groups in total. The van der Waals surface area contributed by atoms with Crippen LogP contribution in [0.1, 0.15) is 36.4 Å². The van der Waals surface area contributed by atoms with Crippen LogP contribution in [0.15, 0.2) is 16.7 Å². The standard InChI is InChI=1S/C11H15NO4/c1-7-8(4-5-16-7)10(15)12-11(2,3)6-9(13)14/h4-5H,6H2,1-3H3,(H,12,15)(H,13,14). The number of aryl methyl sites for hydroxylation is 1. The number of carbonyl (C=O) groups is 2. The van der Waals surface area contributed by atoms with Crippen molar-refractivity contribution in [3.05, 3.63) is 23.7 Å². The minimum absolute atomic E-state index is 0.129. The molecule has 0 bridgehead atoms. The fourth-order valence-electron chi connectivity index (χ4n) is 1.42. The van der Waals surface area contributed by atoms with Crippen molar-refractivity contribution >= 4 is 11.9 Å². The highest BCUT2D eigenvalue weighted by Gasteiger charge is 2.25. The van der Waals surface area contributed by atoms with Gasteiger partial charge in [-0.25, -0.2) is 0 Å². The molecule has 1 aromatic heterocycles. The molecule has 0 saturated carbocycles. The van der Waals surface area contributed by atoms with Gasteiger partial charge >= 0.3 is 5.97 Å². The van der Waals surface area contributed by atoms with Gasteiger partial charge in [-0.15, -0.1) is 0 Å². The number of carboxylic acid groups (broad SMARTS) is 1. The van der Waals surface area contributed by atoms with Gasteiger partial charge in [0.05, 0.1) is 18.2 Å². The van der Waals surface area contributed by atoms with Gasteiger partial charge in [-0.1, -0.05) is 0 Å². The molecule has 0 saturated heterocycles. The monoisotopic (exact) mass is 225 g/mol. The Kier molecular flexibility index (Phi) is 3.37. The molecule has 0 unspecified atom stereocenters. The summed E-state index contributed by atoms with van der Waals surface area (Å²) in [6.07, 6.45) is 1.30. The molecule has 0 fully saturated rings. The predicted molar refractivity (Wildman–Crippen MR) is 57.2 cm³/mol. The van der Waals surface area contributed by atoms with E-state index in [0.29, 0.717) is 11.3 Å². The first-order valence-corrected chi connectivity index (χ1v) is 4.90. The summed E-state index contributed by atoms with van der Waals surface area (Å²) < 4.78 is 5.00. The van der Waals surface area contributed by atoms with Crippen LogP contribution in [0.3, 0.4) is 0 Å². The number of nitrogens with one attached hydrogen (secondary N) is 1. The van der Waals surface area contributed by atoms with E-state index in [-0.39, 0.29) is 12.3 Å². The first kappa shape index (κ1) is 12.3. The Labute approximate surface area is 93.4 Å². The van der Waals surface area contributed by atoms with Crippen molar-refractivity contribution in [3.63, 3.8) is 0 Å². The molecule has 0 radical (unpaired) electrons.